The fraction of sp³-hybridized carbons (Fsp3) is 0.625. The van der Waals surface area contributed by atoms with Crippen molar-refractivity contribution in [1.82, 2.24) is 0 Å². The Hall–Kier alpha value is -1.13. The molecule has 1 aromatic rings. The van der Waals surface area contributed by atoms with Gasteiger partial charge in [0.1, 0.15) is 5.82 Å². The van der Waals surface area contributed by atoms with E-state index >= 15 is 0 Å². The molecule has 1 aromatic carbocycles. The van der Waals surface area contributed by atoms with Crippen molar-refractivity contribution in [2.24, 2.45) is 11.7 Å². The minimum absolute atomic E-state index is 0.207. The smallest absolute Gasteiger partial charge is 0.125 e. The minimum Gasteiger partial charge on any atom is -0.380 e. The average Bonchev–Trinajstić information content (AvgIpc) is 2.41. The van der Waals surface area contributed by atoms with Crippen molar-refractivity contribution >= 4 is 5.69 Å². The van der Waals surface area contributed by atoms with Crippen LogP contribution in [0.1, 0.15) is 26.7 Å². The zero-order chi connectivity index (χ0) is 14.8. The van der Waals surface area contributed by atoms with Gasteiger partial charge < -0.3 is 15.4 Å². The molecule has 0 amide bonds. The molecule has 0 saturated heterocycles. The van der Waals surface area contributed by atoms with Gasteiger partial charge in [0.15, 0.2) is 0 Å². The van der Waals surface area contributed by atoms with Gasteiger partial charge in [-0.1, -0.05) is 19.9 Å². The lowest BCUT2D eigenvalue weighted by Crippen LogP contribution is -2.30. The molecule has 0 aliphatic carbocycles. The Balaban J connectivity index is 2.44. The van der Waals surface area contributed by atoms with Gasteiger partial charge >= 0.3 is 0 Å². The van der Waals surface area contributed by atoms with Crippen molar-refractivity contribution in [2.75, 3.05) is 37.7 Å². The van der Waals surface area contributed by atoms with E-state index in [1.165, 1.54) is 6.07 Å². The van der Waals surface area contributed by atoms with Gasteiger partial charge in [-0.2, -0.15) is 0 Å². The van der Waals surface area contributed by atoms with E-state index in [0.29, 0.717) is 19.1 Å². The summed E-state index contributed by atoms with van der Waals surface area (Å²) in [5.41, 5.74) is 6.46. The van der Waals surface area contributed by atoms with Gasteiger partial charge in [0.2, 0.25) is 0 Å². The zero-order valence-electron chi connectivity index (χ0n) is 12.6. The van der Waals surface area contributed by atoms with Crippen LogP contribution in [0.4, 0.5) is 10.1 Å². The van der Waals surface area contributed by atoms with Crippen LogP contribution in [0.5, 0.6) is 0 Å². The van der Waals surface area contributed by atoms with Crippen molar-refractivity contribution < 1.29 is 9.13 Å². The molecule has 4 heteroatoms. The molecule has 0 aliphatic rings. The molecule has 0 unspecified atom stereocenters. The van der Waals surface area contributed by atoms with Crippen LogP contribution >= 0.6 is 0 Å². The molecular weight excluding hydrogens is 255 g/mol. The number of nitrogens with zero attached hydrogens (tertiary/aromatic N) is 1. The fourth-order valence-electron chi connectivity index (χ4n) is 1.92. The predicted octanol–water partition coefficient (Wildman–Crippen LogP) is 3.04. The van der Waals surface area contributed by atoms with Gasteiger partial charge in [0.25, 0.3) is 0 Å². The Kier molecular flexibility index (Phi) is 8.23. The van der Waals surface area contributed by atoms with Crippen LogP contribution in [0, 0.1) is 11.7 Å². The first kappa shape index (κ1) is 16.9. The van der Waals surface area contributed by atoms with E-state index in [9.17, 15) is 4.39 Å². The first-order chi connectivity index (χ1) is 9.63. The maximum absolute atomic E-state index is 13.3. The van der Waals surface area contributed by atoms with E-state index in [2.05, 4.69) is 18.7 Å². The minimum atomic E-state index is -0.207. The van der Waals surface area contributed by atoms with Crippen LogP contribution in [-0.4, -0.2) is 32.8 Å². The molecule has 1 rings (SSSR count). The summed E-state index contributed by atoms with van der Waals surface area (Å²) < 4.78 is 18.9. The lowest BCUT2D eigenvalue weighted by atomic mass is 10.1. The highest BCUT2D eigenvalue weighted by atomic mass is 19.1. The maximum atomic E-state index is 13.3. The van der Waals surface area contributed by atoms with Gasteiger partial charge in [0.05, 0.1) is 6.61 Å². The molecule has 0 bridgehead atoms. The highest BCUT2D eigenvalue weighted by Gasteiger charge is 2.07. The average molecular weight is 282 g/mol. The summed E-state index contributed by atoms with van der Waals surface area (Å²) in [5, 5.41) is 0. The number of anilines is 1. The van der Waals surface area contributed by atoms with Crippen LogP contribution in [-0.2, 0) is 4.74 Å². The van der Waals surface area contributed by atoms with E-state index < -0.39 is 0 Å². The molecule has 0 radical (unpaired) electrons. The molecular formula is C16H27FN2O. The Labute approximate surface area is 121 Å². The standard InChI is InChI=1S/C16H27FN2O/c1-14(2)7-11-20-12-10-19(9-4-8-18)16-6-3-5-15(17)13-16/h3,5-6,13-14H,4,7-12,18H2,1-2H3. The molecule has 0 heterocycles. The van der Waals surface area contributed by atoms with Gasteiger partial charge in [-0.05, 0) is 43.5 Å². The van der Waals surface area contributed by atoms with Crippen LogP contribution in [0.25, 0.3) is 0 Å². The number of hydrogen-bond acceptors (Lipinski definition) is 3. The van der Waals surface area contributed by atoms with E-state index in [0.717, 1.165) is 38.2 Å². The third kappa shape index (κ3) is 6.87. The second kappa shape index (κ2) is 9.72. The Morgan fingerprint density at radius 3 is 2.70 bits per heavy atom. The fourth-order valence-corrected chi connectivity index (χ4v) is 1.92. The molecule has 0 saturated carbocycles. The summed E-state index contributed by atoms with van der Waals surface area (Å²) in [4.78, 5) is 2.13. The Bertz CT molecular complexity index is 371. The SMILES string of the molecule is CC(C)CCOCCN(CCCN)c1cccc(F)c1. The van der Waals surface area contributed by atoms with Crippen molar-refractivity contribution in [3.63, 3.8) is 0 Å². The molecule has 3 nitrogen and oxygen atoms in total. The van der Waals surface area contributed by atoms with Crippen LogP contribution in [0.2, 0.25) is 0 Å². The Morgan fingerprint density at radius 2 is 2.05 bits per heavy atom. The van der Waals surface area contributed by atoms with E-state index in [4.69, 9.17) is 10.5 Å². The molecule has 0 aromatic heterocycles. The molecule has 20 heavy (non-hydrogen) atoms. The third-order valence-electron chi connectivity index (χ3n) is 3.15. The first-order valence-corrected chi connectivity index (χ1v) is 7.41. The number of rotatable bonds is 10. The Morgan fingerprint density at radius 1 is 1.25 bits per heavy atom. The molecule has 0 aliphatic heterocycles. The number of hydrogen-bond donors (Lipinski definition) is 1. The van der Waals surface area contributed by atoms with Crippen molar-refractivity contribution in [2.45, 2.75) is 26.7 Å². The summed E-state index contributed by atoms with van der Waals surface area (Å²) in [5.74, 6) is 0.451. The summed E-state index contributed by atoms with van der Waals surface area (Å²) in [6, 6.07) is 6.68. The number of benzene rings is 1. The topological polar surface area (TPSA) is 38.5 Å². The number of halogens is 1. The van der Waals surface area contributed by atoms with Crippen molar-refractivity contribution in [3.8, 4) is 0 Å². The molecule has 0 atom stereocenters. The van der Waals surface area contributed by atoms with Gasteiger partial charge in [-0.15, -0.1) is 0 Å². The molecule has 2 N–H and O–H groups in total. The van der Waals surface area contributed by atoms with Gasteiger partial charge in [-0.3, -0.25) is 0 Å². The highest BCUT2D eigenvalue weighted by Crippen LogP contribution is 2.15. The quantitative estimate of drug-likeness (QED) is 0.670. The largest absolute Gasteiger partial charge is 0.380 e. The van der Waals surface area contributed by atoms with Crippen molar-refractivity contribution in [3.05, 3.63) is 30.1 Å². The van der Waals surface area contributed by atoms with Crippen molar-refractivity contribution in [1.29, 1.82) is 0 Å². The van der Waals surface area contributed by atoms with Crippen LogP contribution < -0.4 is 10.6 Å². The van der Waals surface area contributed by atoms with E-state index in [-0.39, 0.29) is 5.82 Å². The number of ether oxygens (including phenoxy) is 1. The summed E-state index contributed by atoms with van der Waals surface area (Å²) in [6.07, 6.45) is 1.96. The maximum Gasteiger partial charge on any atom is 0.125 e. The zero-order valence-corrected chi connectivity index (χ0v) is 12.6. The van der Waals surface area contributed by atoms with Gasteiger partial charge in [-0.25, -0.2) is 4.39 Å². The summed E-state index contributed by atoms with van der Waals surface area (Å²) >= 11 is 0. The van der Waals surface area contributed by atoms with Crippen LogP contribution in [0.3, 0.4) is 0 Å². The monoisotopic (exact) mass is 282 g/mol. The number of nitrogens with two attached hydrogens (primary N) is 1. The first-order valence-electron chi connectivity index (χ1n) is 7.41. The normalized spacial score (nSPS) is 11.1. The molecule has 114 valence electrons. The van der Waals surface area contributed by atoms with E-state index in [1.807, 2.05) is 6.07 Å². The predicted molar refractivity (Wildman–Crippen MR) is 82.6 cm³/mol. The lowest BCUT2D eigenvalue weighted by molar-refractivity contribution is 0.129. The second-order valence-corrected chi connectivity index (χ2v) is 5.40. The lowest BCUT2D eigenvalue weighted by Gasteiger charge is -2.24. The van der Waals surface area contributed by atoms with Gasteiger partial charge in [0, 0.05) is 25.4 Å². The summed E-state index contributed by atoms with van der Waals surface area (Å²) in [7, 11) is 0. The highest BCUT2D eigenvalue weighted by molar-refractivity contribution is 5.46. The molecule has 0 spiro atoms. The van der Waals surface area contributed by atoms with E-state index in [1.54, 1.807) is 12.1 Å². The third-order valence-corrected chi connectivity index (χ3v) is 3.15. The second-order valence-electron chi connectivity index (χ2n) is 5.40. The molecule has 0 fully saturated rings. The van der Waals surface area contributed by atoms with Crippen LogP contribution in [0.15, 0.2) is 24.3 Å². The summed E-state index contributed by atoms with van der Waals surface area (Å²) in [6.45, 7) is 8.04.